The summed E-state index contributed by atoms with van der Waals surface area (Å²) in [4.78, 5) is 11.1. The molecule has 0 atom stereocenters. The Balaban J connectivity index is 2.87. The van der Waals surface area contributed by atoms with Gasteiger partial charge >= 0.3 is 0 Å². The quantitative estimate of drug-likeness (QED) is 0.692. The van der Waals surface area contributed by atoms with Gasteiger partial charge in [-0.3, -0.25) is 0 Å². The number of fused-ring (bicyclic) bond motifs is 1. The Labute approximate surface area is 71.0 Å². The van der Waals surface area contributed by atoms with E-state index in [0.717, 1.165) is 0 Å². The summed E-state index contributed by atoms with van der Waals surface area (Å²) in [6.45, 7) is 0. The van der Waals surface area contributed by atoms with Gasteiger partial charge in [0.25, 0.3) is 0 Å². The van der Waals surface area contributed by atoms with Gasteiger partial charge in [-0.25, -0.2) is 9.97 Å². The van der Waals surface area contributed by atoms with Crippen LogP contribution in [0.1, 0.15) is 0 Å². The topological polar surface area (TPSA) is 67.6 Å². The van der Waals surface area contributed by atoms with Crippen LogP contribution in [0.25, 0.3) is 11.2 Å². The van der Waals surface area contributed by atoms with Crippen molar-refractivity contribution in [3.05, 3.63) is 17.0 Å². The monoisotopic (exact) mass is 212 g/mol. The molecule has 0 spiro atoms. The number of H-pyrrole nitrogens is 1. The highest BCUT2D eigenvalue weighted by Gasteiger charge is 2.01. The molecule has 5 heteroatoms. The molecule has 0 aliphatic heterocycles. The highest BCUT2D eigenvalue weighted by molar-refractivity contribution is 9.10. The van der Waals surface area contributed by atoms with Crippen LogP contribution < -0.4 is 5.73 Å². The normalized spacial score (nSPS) is 10.6. The molecule has 0 saturated heterocycles. The van der Waals surface area contributed by atoms with Gasteiger partial charge in [-0.15, -0.1) is 0 Å². The average molecular weight is 213 g/mol. The molecule has 0 aromatic carbocycles. The predicted octanol–water partition coefficient (Wildman–Crippen LogP) is 1.30. The lowest BCUT2D eigenvalue weighted by molar-refractivity contribution is 1.23. The van der Waals surface area contributed by atoms with E-state index >= 15 is 0 Å². The number of anilines is 1. The molecule has 2 rings (SSSR count). The Morgan fingerprint density at radius 1 is 1.55 bits per heavy atom. The van der Waals surface area contributed by atoms with E-state index in [9.17, 15) is 0 Å². The van der Waals surface area contributed by atoms with E-state index in [1.807, 2.05) is 0 Å². The maximum atomic E-state index is 5.59. The standard InChI is InChI=1S/C6H5BrN4/c7-4-2-10-6-5(11-4)3(8)1-9-6/h1-2H,8H2,(H,9,10). The second-order valence-corrected chi connectivity index (χ2v) is 2.95. The van der Waals surface area contributed by atoms with Crippen molar-refractivity contribution in [2.24, 2.45) is 0 Å². The first kappa shape index (κ1) is 6.60. The number of halogens is 1. The van der Waals surface area contributed by atoms with Crippen LogP contribution in [-0.4, -0.2) is 15.0 Å². The van der Waals surface area contributed by atoms with E-state index < -0.39 is 0 Å². The summed E-state index contributed by atoms with van der Waals surface area (Å²) >= 11 is 3.21. The smallest absolute Gasteiger partial charge is 0.158 e. The second kappa shape index (κ2) is 2.20. The molecule has 0 bridgehead atoms. The lowest BCUT2D eigenvalue weighted by Gasteiger charge is -1.89. The number of aromatic nitrogens is 3. The first-order valence-electron chi connectivity index (χ1n) is 3.02. The molecule has 3 N–H and O–H groups in total. The van der Waals surface area contributed by atoms with Gasteiger partial charge in [0.05, 0.1) is 11.9 Å². The minimum atomic E-state index is 0.619. The fraction of sp³-hybridized carbons (Fsp3) is 0. The van der Waals surface area contributed by atoms with Crippen LogP contribution >= 0.6 is 15.9 Å². The summed E-state index contributed by atoms with van der Waals surface area (Å²) in [7, 11) is 0. The van der Waals surface area contributed by atoms with E-state index in [2.05, 4.69) is 30.9 Å². The van der Waals surface area contributed by atoms with Gasteiger partial charge in [-0.2, -0.15) is 0 Å². The fourth-order valence-electron chi connectivity index (χ4n) is 0.889. The number of hydrogen-bond acceptors (Lipinski definition) is 3. The van der Waals surface area contributed by atoms with Crippen LogP contribution in [0, 0.1) is 0 Å². The van der Waals surface area contributed by atoms with Gasteiger partial charge in [0.2, 0.25) is 0 Å². The molecular formula is C6H5BrN4. The molecule has 0 aliphatic carbocycles. The molecule has 0 radical (unpaired) electrons. The minimum absolute atomic E-state index is 0.619. The molecule has 2 heterocycles. The number of nitrogens with one attached hydrogen (secondary N) is 1. The van der Waals surface area contributed by atoms with Crippen LogP contribution in [-0.2, 0) is 0 Å². The van der Waals surface area contributed by atoms with Crippen molar-refractivity contribution >= 4 is 32.8 Å². The summed E-state index contributed by atoms with van der Waals surface area (Å²) in [5.74, 6) is 0. The molecule has 56 valence electrons. The first-order chi connectivity index (χ1) is 5.27. The maximum absolute atomic E-state index is 5.59. The highest BCUT2D eigenvalue weighted by atomic mass is 79.9. The van der Waals surface area contributed by atoms with Gasteiger partial charge in [-0.05, 0) is 15.9 Å². The summed E-state index contributed by atoms with van der Waals surface area (Å²) < 4.78 is 0.691. The summed E-state index contributed by atoms with van der Waals surface area (Å²) in [5.41, 5.74) is 7.63. The molecule has 0 saturated carbocycles. The zero-order chi connectivity index (χ0) is 7.84. The predicted molar refractivity (Wildman–Crippen MR) is 46.0 cm³/mol. The van der Waals surface area contributed by atoms with Crippen LogP contribution in [0.15, 0.2) is 17.0 Å². The van der Waals surface area contributed by atoms with Crippen LogP contribution in [0.4, 0.5) is 5.69 Å². The molecule has 0 fully saturated rings. The Bertz CT molecular complexity index is 394. The van der Waals surface area contributed by atoms with E-state index in [1.165, 1.54) is 0 Å². The van der Waals surface area contributed by atoms with Gasteiger partial charge < -0.3 is 10.7 Å². The van der Waals surface area contributed by atoms with Gasteiger partial charge in [-0.1, -0.05) is 0 Å². The largest absolute Gasteiger partial charge is 0.396 e. The van der Waals surface area contributed by atoms with Gasteiger partial charge in [0.15, 0.2) is 5.65 Å². The van der Waals surface area contributed by atoms with Crippen molar-refractivity contribution in [3.63, 3.8) is 0 Å². The molecule has 0 amide bonds. The van der Waals surface area contributed by atoms with Crippen molar-refractivity contribution < 1.29 is 0 Å². The van der Waals surface area contributed by atoms with E-state index in [-0.39, 0.29) is 0 Å². The summed E-state index contributed by atoms with van der Waals surface area (Å²) in [5, 5.41) is 0. The molecule has 0 unspecified atom stereocenters. The maximum Gasteiger partial charge on any atom is 0.158 e. The van der Waals surface area contributed by atoms with Gasteiger partial charge in [0.1, 0.15) is 10.1 Å². The van der Waals surface area contributed by atoms with Crippen LogP contribution in [0.3, 0.4) is 0 Å². The third-order valence-corrected chi connectivity index (χ3v) is 1.76. The van der Waals surface area contributed by atoms with Crippen molar-refractivity contribution in [1.82, 2.24) is 15.0 Å². The Hall–Kier alpha value is -1.10. The Morgan fingerprint density at radius 3 is 3.18 bits per heavy atom. The van der Waals surface area contributed by atoms with E-state index in [4.69, 9.17) is 5.73 Å². The molecule has 2 aromatic heterocycles. The van der Waals surface area contributed by atoms with E-state index in [0.29, 0.717) is 21.5 Å². The number of hydrogen-bond donors (Lipinski definition) is 2. The Morgan fingerprint density at radius 2 is 2.36 bits per heavy atom. The van der Waals surface area contributed by atoms with Crippen molar-refractivity contribution in [2.75, 3.05) is 5.73 Å². The zero-order valence-electron chi connectivity index (χ0n) is 5.50. The summed E-state index contributed by atoms with van der Waals surface area (Å²) in [6.07, 6.45) is 3.30. The average Bonchev–Trinajstić information content (AvgIpc) is 2.33. The summed E-state index contributed by atoms with van der Waals surface area (Å²) in [6, 6.07) is 0. The second-order valence-electron chi connectivity index (χ2n) is 2.13. The highest BCUT2D eigenvalue weighted by Crippen LogP contribution is 2.17. The van der Waals surface area contributed by atoms with Crippen molar-refractivity contribution in [1.29, 1.82) is 0 Å². The van der Waals surface area contributed by atoms with Crippen LogP contribution in [0.2, 0.25) is 0 Å². The third-order valence-electron chi connectivity index (χ3n) is 1.38. The number of nitrogen functional groups attached to an aromatic ring is 1. The molecule has 11 heavy (non-hydrogen) atoms. The fourth-order valence-corrected chi connectivity index (χ4v) is 1.17. The van der Waals surface area contributed by atoms with Crippen LogP contribution in [0.5, 0.6) is 0 Å². The third kappa shape index (κ3) is 0.970. The molecule has 4 nitrogen and oxygen atoms in total. The lowest BCUT2D eigenvalue weighted by Crippen LogP contribution is -1.85. The number of nitrogens with zero attached hydrogens (tertiary/aromatic N) is 2. The number of nitrogens with two attached hydrogens (primary N) is 1. The molecule has 2 aromatic rings. The van der Waals surface area contributed by atoms with Gasteiger partial charge in [0, 0.05) is 6.20 Å². The first-order valence-corrected chi connectivity index (χ1v) is 3.82. The number of rotatable bonds is 0. The SMILES string of the molecule is Nc1c[nH]c2ncc(Br)nc12. The minimum Gasteiger partial charge on any atom is -0.396 e. The Kier molecular flexibility index (Phi) is 1.32. The van der Waals surface area contributed by atoms with Crippen molar-refractivity contribution in [3.8, 4) is 0 Å². The van der Waals surface area contributed by atoms with E-state index in [1.54, 1.807) is 12.4 Å². The lowest BCUT2D eigenvalue weighted by atomic mass is 10.5. The number of aromatic amines is 1. The van der Waals surface area contributed by atoms with Crippen molar-refractivity contribution in [2.45, 2.75) is 0 Å². The zero-order valence-corrected chi connectivity index (χ0v) is 7.09. The molecular weight excluding hydrogens is 208 g/mol. The molecule has 0 aliphatic rings.